The second-order valence-electron chi connectivity index (χ2n) is 6.60. The molecule has 0 saturated heterocycles. The zero-order valence-corrected chi connectivity index (χ0v) is 16.5. The van der Waals surface area contributed by atoms with Gasteiger partial charge in [0.2, 0.25) is 0 Å². The Morgan fingerprint density at radius 2 is 1.85 bits per heavy atom. The van der Waals surface area contributed by atoms with Crippen molar-refractivity contribution in [2.75, 3.05) is 0 Å². The highest BCUT2D eigenvalue weighted by Crippen LogP contribution is 2.29. The van der Waals surface area contributed by atoms with Crippen LogP contribution in [0.4, 0.5) is 0 Å². The van der Waals surface area contributed by atoms with Crippen molar-refractivity contribution in [3.8, 4) is 0 Å². The smallest absolute Gasteiger partial charge is 0.192 e. The molecule has 2 aromatic heterocycles. The molecular weight excluding hydrogens is 344 g/mol. The lowest BCUT2D eigenvalue weighted by Crippen LogP contribution is -2.15. The number of pyridine rings is 1. The van der Waals surface area contributed by atoms with E-state index in [9.17, 15) is 9.59 Å². The van der Waals surface area contributed by atoms with Gasteiger partial charge in [-0.2, -0.15) is 0 Å². The van der Waals surface area contributed by atoms with Gasteiger partial charge in [-0.3, -0.25) is 9.59 Å². The van der Waals surface area contributed by atoms with Crippen LogP contribution in [-0.4, -0.2) is 26.8 Å². The third-order valence-corrected chi connectivity index (χ3v) is 5.62. The van der Waals surface area contributed by atoms with Crippen molar-refractivity contribution in [3.63, 3.8) is 0 Å². The summed E-state index contributed by atoms with van der Waals surface area (Å²) < 4.78 is 0. The number of H-pyrrole nitrogens is 1. The van der Waals surface area contributed by atoms with Crippen LogP contribution in [0.5, 0.6) is 0 Å². The number of nitrogens with zero attached hydrogens (tertiary/aromatic N) is 1. The summed E-state index contributed by atoms with van der Waals surface area (Å²) in [4.78, 5) is 32.5. The van der Waals surface area contributed by atoms with Gasteiger partial charge in [0.15, 0.2) is 11.6 Å². The standard InChI is InChI=1S/C21H22N2O2S/c1-11-10-18(23-17-9-7-6-8-16(11)17)26-15(5)21(25)20-12(2)19(14(4)24)13(3)22-20/h6-10,15,22H,1-5H3. The van der Waals surface area contributed by atoms with Crippen molar-refractivity contribution >= 4 is 34.2 Å². The summed E-state index contributed by atoms with van der Waals surface area (Å²) in [6.07, 6.45) is 0. The number of hydrogen-bond acceptors (Lipinski definition) is 4. The van der Waals surface area contributed by atoms with Crippen LogP contribution in [0.3, 0.4) is 0 Å². The first kappa shape index (κ1) is 18.4. The van der Waals surface area contributed by atoms with Crippen LogP contribution in [0.2, 0.25) is 0 Å². The first-order chi connectivity index (χ1) is 12.3. The molecule has 5 heteroatoms. The van der Waals surface area contributed by atoms with Crippen molar-refractivity contribution < 1.29 is 9.59 Å². The van der Waals surface area contributed by atoms with Crippen LogP contribution in [0.1, 0.15) is 51.5 Å². The maximum atomic E-state index is 12.9. The van der Waals surface area contributed by atoms with E-state index in [0.717, 1.165) is 32.7 Å². The van der Waals surface area contributed by atoms with Crippen LogP contribution in [0.25, 0.3) is 10.9 Å². The second-order valence-corrected chi connectivity index (χ2v) is 7.96. The van der Waals surface area contributed by atoms with Gasteiger partial charge in [-0.25, -0.2) is 4.98 Å². The average molecular weight is 366 g/mol. The molecule has 134 valence electrons. The number of fused-ring (bicyclic) bond motifs is 1. The number of thioether (sulfide) groups is 1. The van der Waals surface area contributed by atoms with Gasteiger partial charge >= 0.3 is 0 Å². The highest BCUT2D eigenvalue weighted by Gasteiger charge is 2.24. The van der Waals surface area contributed by atoms with E-state index in [0.29, 0.717) is 11.3 Å². The van der Waals surface area contributed by atoms with Crippen LogP contribution >= 0.6 is 11.8 Å². The van der Waals surface area contributed by atoms with E-state index in [1.807, 2.05) is 45.0 Å². The first-order valence-electron chi connectivity index (χ1n) is 8.57. The van der Waals surface area contributed by atoms with E-state index >= 15 is 0 Å². The summed E-state index contributed by atoms with van der Waals surface area (Å²) in [5, 5.41) is 1.65. The normalized spacial score (nSPS) is 12.3. The molecule has 1 aromatic carbocycles. The minimum atomic E-state index is -0.306. The number of rotatable bonds is 5. The summed E-state index contributed by atoms with van der Waals surface area (Å²) in [6.45, 7) is 9.10. The molecule has 1 atom stereocenters. The third-order valence-electron chi connectivity index (χ3n) is 4.60. The van der Waals surface area contributed by atoms with Crippen LogP contribution in [0, 0.1) is 20.8 Å². The van der Waals surface area contributed by atoms with Crippen LogP contribution in [-0.2, 0) is 0 Å². The number of nitrogens with one attached hydrogen (secondary N) is 1. The Hall–Kier alpha value is -2.40. The van der Waals surface area contributed by atoms with E-state index in [1.165, 1.54) is 18.7 Å². The minimum absolute atomic E-state index is 0.0179. The minimum Gasteiger partial charge on any atom is -0.355 e. The fourth-order valence-electron chi connectivity index (χ4n) is 3.34. The number of hydrogen-bond donors (Lipinski definition) is 1. The molecule has 3 rings (SSSR count). The van der Waals surface area contributed by atoms with Crippen molar-refractivity contribution in [2.45, 2.75) is 44.9 Å². The number of carbonyl (C=O) groups is 2. The van der Waals surface area contributed by atoms with Crippen molar-refractivity contribution in [3.05, 3.63) is 58.4 Å². The van der Waals surface area contributed by atoms with Crippen LogP contribution in [0.15, 0.2) is 35.4 Å². The number of aryl methyl sites for hydroxylation is 2. The molecule has 0 bridgehead atoms. The number of aromatic amines is 1. The van der Waals surface area contributed by atoms with Gasteiger partial charge in [0.1, 0.15) is 0 Å². The Balaban J connectivity index is 1.89. The van der Waals surface area contributed by atoms with Crippen molar-refractivity contribution in [1.82, 2.24) is 9.97 Å². The Morgan fingerprint density at radius 3 is 2.50 bits per heavy atom. The predicted molar refractivity (Wildman–Crippen MR) is 106 cm³/mol. The number of para-hydroxylation sites is 1. The molecular formula is C21H22N2O2S. The molecule has 0 fully saturated rings. The molecule has 0 amide bonds. The van der Waals surface area contributed by atoms with E-state index in [2.05, 4.69) is 23.0 Å². The highest BCUT2D eigenvalue weighted by atomic mass is 32.2. The molecule has 2 heterocycles. The molecule has 1 N–H and O–H groups in total. The van der Waals surface area contributed by atoms with Gasteiger partial charge < -0.3 is 4.98 Å². The zero-order chi connectivity index (χ0) is 19.0. The highest BCUT2D eigenvalue weighted by molar-refractivity contribution is 8.00. The molecule has 0 aliphatic heterocycles. The molecule has 0 saturated carbocycles. The average Bonchev–Trinajstić information content (AvgIpc) is 2.88. The van der Waals surface area contributed by atoms with Gasteiger partial charge in [-0.05, 0) is 57.9 Å². The zero-order valence-electron chi connectivity index (χ0n) is 15.6. The summed E-state index contributed by atoms with van der Waals surface area (Å²) in [6, 6.07) is 10.0. The molecule has 26 heavy (non-hydrogen) atoms. The lowest BCUT2D eigenvalue weighted by Gasteiger charge is -2.11. The molecule has 0 radical (unpaired) electrons. The number of carbonyl (C=O) groups excluding carboxylic acids is 2. The Labute approximate surface area is 157 Å². The topological polar surface area (TPSA) is 62.8 Å². The number of benzene rings is 1. The lowest BCUT2D eigenvalue weighted by atomic mass is 10.0. The number of ketones is 2. The molecule has 0 aliphatic carbocycles. The van der Waals surface area contributed by atoms with Gasteiger partial charge in [0.05, 0.1) is 21.5 Å². The van der Waals surface area contributed by atoms with Gasteiger partial charge in [-0.1, -0.05) is 30.0 Å². The molecule has 0 spiro atoms. The van der Waals surface area contributed by atoms with E-state index < -0.39 is 0 Å². The van der Waals surface area contributed by atoms with E-state index in [4.69, 9.17) is 0 Å². The number of Topliss-reactive ketones (excluding diaryl/α,β-unsaturated/α-hetero) is 2. The second kappa shape index (κ2) is 7.08. The largest absolute Gasteiger partial charge is 0.355 e. The van der Waals surface area contributed by atoms with Gasteiger partial charge in [0.25, 0.3) is 0 Å². The maximum Gasteiger partial charge on any atom is 0.192 e. The summed E-state index contributed by atoms with van der Waals surface area (Å²) >= 11 is 1.44. The van der Waals surface area contributed by atoms with Crippen molar-refractivity contribution in [1.29, 1.82) is 0 Å². The summed E-state index contributed by atoms with van der Waals surface area (Å²) in [7, 11) is 0. The fraction of sp³-hybridized carbons (Fsp3) is 0.286. The lowest BCUT2D eigenvalue weighted by molar-refractivity contribution is 0.0988. The van der Waals surface area contributed by atoms with E-state index in [-0.39, 0.29) is 16.8 Å². The Bertz CT molecular complexity index is 1020. The van der Waals surface area contributed by atoms with E-state index in [1.54, 1.807) is 0 Å². The first-order valence-corrected chi connectivity index (χ1v) is 9.45. The molecule has 0 aliphatic rings. The monoisotopic (exact) mass is 366 g/mol. The molecule has 4 nitrogen and oxygen atoms in total. The Kier molecular flexibility index (Phi) is 5.01. The predicted octanol–water partition coefficient (Wildman–Crippen LogP) is 5.05. The summed E-state index contributed by atoms with van der Waals surface area (Å²) in [5.41, 5.74) is 4.68. The van der Waals surface area contributed by atoms with Gasteiger partial charge in [0, 0.05) is 16.6 Å². The third kappa shape index (κ3) is 3.31. The number of aromatic nitrogens is 2. The maximum absolute atomic E-state index is 12.9. The Morgan fingerprint density at radius 1 is 1.15 bits per heavy atom. The fourth-order valence-corrected chi connectivity index (χ4v) is 4.32. The van der Waals surface area contributed by atoms with Crippen molar-refractivity contribution in [2.24, 2.45) is 0 Å². The van der Waals surface area contributed by atoms with Gasteiger partial charge in [-0.15, -0.1) is 0 Å². The molecule has 1 unspecified atom stereocenters. The summed E-state index contributed by atoms with van der Waals surface area (Å²) in [5.74, 6) is -0.0434. The van der Waals surface area contributed by atoms with Crippen LogP contribution < -0.4 is 0 Å². The SMILES string of the molecule is CC(=O)c1c(C)[nH]c(C(=O)C(C)Sc2cc(C)c3ccccc3n2)c1C. The quantitative estimate of drug-likeness (QED) is 0.507. The molecule has 3 aromatic rings.